The van der Waals surface area contributed by atoms with Crippen molar-refractivity contribution in [2.75, 3.05) is 0 Å². The van der Waals surface area contributed by atoms with Crippen molar-refractivity contribution in [1.29, 1.82) is 5.26 Å². The minimum absolute atomic E-state index is 0.0287. The van der Waals surface area contributed by atoms with Gasteiger partial charge in [0.05, 0.1) is 0 Å². The molecule has 1 N–H and O–H groups in total. The van der Waals surface area contributed by atoms with E-state index < -0.39 is 5.56 Å². The van der Waals surface area contributed by atoms with Gasteiger partial charge in [0.15, 0.2) is 5.88 Å². The number of pyridine rings is 1. The zero-order valence-corrected chi connectivity index (χ0v) is 8.59. The van der Waals surface area contributed by atoms with Crippen molar-refractivity contribution in [2.24, 2.45) is 0 Å². The molecule has 0 saturated heterocycles. The summed E-state index contributed by atoms with van der Waals surface area (Å²) in [7, 11) is 0. The molecule has 0 aliphatic carbocycles. The number of alkyl halides is 1. The average Bonchev–Trinajstić information content (AvgIpc) is 2.16. The molecule has 0 bridgehead atoms. The van der Waals surface area contributed by atoms with E-state index in [0.717, 1.165) is 4.57 Å². The molecule has 1 heterocycles. The molecule has 1 aromatic heterocycles. The summed E-state index contributed by atoms with van der Waals surface area (Å²) in [6.07, 6.45) is 0. The highest BCUT2D eigenvalue weighted by molar-refractivity contribution is 6.15. The van der Waals surface area contributed by atoms with E-state index >= 15 is 0 Å². The Labute approximate surface area is 86.0 Å². The zero-order valence-electron chi connectivity index (χ0n) is 7.83. The van der Waals surface area contributed by atoms with Crippen LogP contribution in [0.3, 0.4) is 0 Å². The quantitative estimate of drug-likeness (QED) is 0.713. The largest absolute Gasteiger partial charge is 0.494 e. The van der Waals surface area contributed by atoms with Gasteiger partial charge in [-0.2, -0.15) is 5.26 Å². The third-order valence-electron chi connectivity index (χ3n) is 2.22. The number of hydrogen-bond acceptors (Lipinski definition) is 3. The Morgan fingerprint density at radius 1 is 1.50 bits per heavy atom. The van der Waals surface area contributed by atoms with Gasteiger partial charge in [-0.1, -0.05) is 0 Å². The Hall–Kier alpha value is -1.47. The molecular weight excluding hydrogens is 204 g/mol. The van der Waals surface area contributed by atoms with Crippen molar-refractivity contribution in [3.63, 3.8) is 0 Å². The predicted octanol–water partition coefficient (Wildman–Crippen LogP) is 1.24. The van der Waals surface area contributed by atoms with Crippen molar-refractivity contribution < 1.29 is 5.11 Å². The second kappa shape index (κ2) is 3.72. The van der Waals surface area contributed by atoms with Crippen LogP contribution in [-0.2, 0) is 6.00 Å². The van der Waals surface area contributed by atoms with Crippen molar-refractivity contribution in [3.05, 3.63) is 27.0 Å². The molecule has 4 nitrogen and oxygen atoms in total. The second-order valence-electron chi connectivity index (χ2n) is 2.91. The van der Waals surface area contributed by atoms with E-state index in [2.05, 4.69) is 0 Å². The highest BCUT2D eigenvalue weighted by Gasteiger charge is 2.14. The molecular formula is C9H9ClN2O2. The molecule has 1 aromatic rings. The standard InChI is InChI=1S/C9H9ClN2O2/c1-5-6(2)8(13)12(4-10)9(14)7(5)3-11/h13H,4H2,1-2H3. The van der Waals surface area contributed by atoms with Crippen molar-refractivity contribution in [3.8, 4) is 11.9 Å². The molecule has 0 fully saturated rings. The van der Waals surface area contributed by atoms with Gasteiger partial charge in [0.2, 0.25) is 0 Å². The SMILES string of the molecule is Cc1c(C)c(O)n(CCl)c(=O)c1C#N. The molecule has 0 amide bonds. The highest BCUT2D eigenvalue weighted by Crippen LogP contribution is 2.19. The van der Waals surface area contributed by atoms with E-state index in [1.54, 1.807) is 19.9 Å². The number of hydrogen-bond donors (Lipinski definition) is 1. The Morgan fingerprint density at radius 2 is 2.07 bits per heavy atom. The van der Waals surface area contributed by atoms with Gasteiger partial charge >= 0.3 is 0 Å². The van der Waals surface area contributed by atoms with E-state index in [1.807, 2.05) is 0 Å². The fourth-order valence-electron chi connectivity index (χ4n) is 1.19. The van der Waals surface area contributed by atoms with Gasteiger partial charge in [-0.15, -0.1) is 11.6 Å². The maximum atomic E-state index is 11.5. The van der Waals surface area contributed by atoms with Crippen LogP contribution in [0.2, 0.25) is 0 Å². The van der Waals surface area contributed by atoms with Crippen LogP contribution >= 0.6 is 11.6 Å². The van der Waals surface area contributed by atoms with Crippen molar-refractivity contribution >= 4 is 11.6 Å². The molecule has 0 unspecified atom stereocenters. The summed E-state index contributed by atoms with van der Waals surface area (Å²) in [5.41, 5.74) is 0.474. The molecule has 0 aliphatic rings. The summed E-state index contributed by atoms with van der Waals surface area (Å²) in [6, 6.07) is 1.64. The van der Waals surface area contributed by atoms with Crippen LogP contribution in [0.4, 0.5) is 0 Å². The number of nitriles is 1. The molecule has 0 radical (unpaired) electrons. The molecule has 5 heteroatoms. The van der Waals surface area contributed by atoms with Crippen LogP contribution in [0.15, 0.2) is 4.79 Å². The number of nitrogens with zero attached hydrogens (tertiary/aromatic N) is 2. The molecule has 0 spiro atoms. The maximum Gasteiger partial charge on any atom is 0.272 e. The van der Waals surface area contributed by atoms with E-state index in [9.17, 15) is 9.90 Å². The van der Waals surface area contributed by atoms with E-state index in [4.69, 9.17) is 16.9 Å². The lowest BCUT2D eigenvalue weighted by molar-refractivity contribution is 0.415. The molecule has 0 aromatic carbocycles. The minimum atomic E-state index is -0.553. The lowest BCUT2D eigenvalue weighted by Gasteiger charge is -2.10. The fourth-order valence-corrected chi connectivity index (χ4v) is 1.41. The van der Waals surface area contributed by atoms with Crippen LogP contribution in [0.1, 0.15) is 16.7 Å². The van der Waals surface area contributed by atoms with E-state index in [0.29, 0.717) is 11.1 Å². The lowest BCUT2D eigenvalue weighted by Crippen LogP contribution is -2.23. The Morgan fingerprint density at radius 3 is 2.50 bits per heavy atom. The number of aromatic nitrogens is 1. The van der Waals surface area contributed by atoms with Crippen molar-refractivity contribution in [1.82, 2.24) is 4.57 Å². The summed E-state index contributed by atoms with van der Waals surface area (Å²) in [6.45, 7) is 3.25. The normalized spacial score (nSPS) is 9.86. The first-order chi connectivity index (χ1) is 6.54. The van der Waals surface area contributed by atoms with Crippen LogP contribution in [0.25, 0.3) is 0 Å². The van der Waals surface area contributed by atoms with Gasteiger partial charge in [0, 0.05) is 5.56 Å². The van der Waals surface area contributed by atoms with E-state index in [1.165, 1.54) is 0 Å². The zero-order chi connectivity index (χ0) is 10.9. The minimum Gasteiger partial charge on any atom is -0.494 e. The van der Waals surface area contributed by atoms with Gasteiger partial charge < -0.3 is 5.11 Å². The lowest BCUT2D eigenvalue weighted by atomic mass is 10.1. The molecule has 0 aliphatic heterocycles. The number of halogens is 1. The molecule has 14 heavy (non-hydrogen) atoms. The molecule has 0 saturated carbocycles. The van der Waals surface area contributed by atoms with Gasteiger partial charge in [-0.05, 0) is 19.4 Å². The Kier molecular flexibility index (Phi) is 2.82. The first-order valence-corrected chi connectivity index (χ1v) is 4.47. The topological polar surface area (TPSA) is 66.0 Å². The summed E-state index contributed by atoms with van der Waals surface area (Å²) < 4.78 is 0.961. The van der Waals surface area contributed by atoms with Crippen LogP contribution in [-0.4, -0.2) is 9.67 Å². The van der Waals surface area contributed by atoms with Gasteiger partial charge in [0.1, 0.15) is 17.6 Å². The average molecular weight is 213 g/mol. The first kappa shape index (κ1) is 10.6. The van der Waals surface area contributed by atoms with Crippen molar-refractivity contribution in [2.45, 2.75) is 19.9 Å². The summed E-state index contributed by atoms with van der Waals surface area (Å²) in [4.78, 5) is 11.5. The Bertz CT molecular complexity index is 471. The van der Waals surface area contributed by atoms with E-state index in [-0.39, 0.29) is 17.4 Å². The van der Waals surface area contributed by atoms with Gasteiger partial charge in [-0.3, -0.25) is 9.36 Å². The summed E-state index contributed by atoms with van der Waals surface area (Å²) in [5.74, 6) is -0.179. The smallest absolute Gasteiger partial charge is 0.272 e. The second-order valence-corrected chi connectivity index (χ2v) is 3.15. The third kappa shape index (κ3) is 1.36. The fraction of sp³-hybridized carbons (Fsp3) is 0.333. The third-order valence-corrected chi connectivity index (χ3v) is 2.46. The first-order valence-electron chi connectivity index (χ1n) is 3.93. The Balaban J connectivity index is 3.76. The monoisotopic (exact) mass is 212 g/mol. The van der Waals surface area contributed by atoms with Crippen LogP contribution in [0.5, 0.6) is 5.88 Å². The summed E-state index contributed by atoms with van der Waals surface area (Å²) in [5, 5.41) is 18.3. The predicted molar refractivity (Wildman–Crippen MR) is 52.4 cm³/mol. The van der Waals surface area contributed by atoms with Crippen LogP contribution < -0.4 is 5.56 Å². The van der Waals surface area contributed by atoms with Crippen LogP contribution in [0, 0.1) is 25.2 Å². The number of aromatic hydroxyl groups is 1. The molecule has 1 rings (SSSR count). The van der Waals surface area contributed by atoms with Gasteiger partial charge in [0.25, 0.3) is 5.56 Å². The molecule has 0 atom stereocenters. The number of rotatable bonds is 1. The highest BCUT2D eigenvalue weighted by atomic mass is 35.5. The van der Waals surface area contributed by atoms with Gasteiger partial charge in [-0.25, -0.2) is 0 Å². The molecule has 74 valence electrons. The summed E-state index contributed by atoms with van der Waals surface area (Å²) >= 11 is 5.48. The maximum absolute atomic E-state index is 11.5.